The van der Waals surface area contributed by atoms with Crippen molar-refractivity contribution in [1.82, 2.24) is 10.3 Å². The van der Waals surface area contributed by atoms with Gasteiger partial charge in [0.2, 0.25) is 0 Å². The second-order valence-corrected chi connectivity index (χ2v) is 5.96. The van der Waals surface area contributed by atoms with Gasteiger partial charge in [-0.2, -0.15) is 0 Å². The molecule has 0 radical (unpaired) electrons. The van der Waals surface area contributed by atoms with Crippen LogP contribution < -0.4 is 5.32 Å². The highest BCUT2D eigenvalue weighted by Crippen LogP contribution is 2.24. The van der Waals surface area contributed by atoms with E-state index in [0.717, 1.165) is 41.6 Å². The molecule has 3 rings (SSSR count). The minimum absolute atomic E-state index is 0.0834. The molecule has 0 spiro atoms. The summed E-state index contributed by atoms with van der Waals surface area (Å²) >= 11 is 0. The average Bonchev–Trinajstić information content (AvgIpc) is 3.09. The fourth-order valence-electron chi connectivity index (χ4n) is 3.00. The van der Waals surface area contributed by atoms with E-state index in [-0.39, 0.29) is 11.8 Å². The highest BCUT2D eigenvalue weighted by atomic mass is 16.5. The number of rotatable bonds is 9. The number of aromatic amines is 1. The number of para-hydroxylation sites is 1. The number of aromatic nitrogens is 1. The maximum absolute atomic E-state index is 13.2. The molecule has 3 aromatic rings. The maximum atomic E-state index is 13.2. The molecular formula is C21H24N2O2. The van der Waals surface area contributed by atoms with Crippen LogP contribution in [0.1, 0.15) is 35.3 Å². The predicted octanol–water partition coefficient (Wildman–Crippen LogP) is 4.11. The summed E-state index contributed by atoms with van der Waals surface area (Å²) in [5.41, 5.74) is 2.69. The lowest BCUT2D eigenvalue weighted by Gasteiger charge is -2.18. The number of nitrogens with one attached hydrogen (secondary N) is 2. The Balaban J connectivity index is 1.82. The number of benzene rings is 2. The summed E-state index contributed by atoms with van der Waals surface area (Å²) in [6.07, 6.45) is 2.68. The van der Waals surface area contributed by atoms with Gasteiger partial charge in [-0.05, 0) is 31.5 Å². The van der Waals surface area contributed by atoms with Crippen LogP contribution in [-0.4, -0.2) is 30.5 Å². The molecule has 0 aliphatic rings. The molecule has 0 unspecified atom stereocenters. The third-order valence-electron chi connectivity index (χ3n) is 4.27. The summed E-state index contributed by atoms with van der Waals surface area (Å²) < 4.78 is 5.38. The first-order valence-corrected chi connectivity index (χ1v) is 8.77. The first kappa shape index (κ1) is 17.4. The molecule has 0 fully saturated rings. The van der Waals surface area contributed by atoms with Crippen LogP contribution >= 0.6 is 0 Å². The van der Waals surface area contributed by atoms with Crippen LogP contribution in [0.5, 0.6) is 0 Å². The van der Waals surface area contributed by atoms with Gasteiger partial charge in [-0.15, -0.1) is 0 Å². The Labute approximate surface area is 148 Å². The summed E-state index contributed by atoms with van der Waals surface area (Å²) in [7, 11) is 0. The fraction of sp³-hybridized carbons (Fsp3) is 0.286. The Morgan fingerprint density at radius 3 is 2.68 bits per heavy atom. The van der Waals surface area contributed by atoms with Gasteiger partial charge in [0.25, 0.3) is 0 Å². The third kappa shape index (κ3) is 4.16. The van der Waals surface area contributed by atoms with Crippen molar-refractivity contribution in [2.45, 2.75) is 19.4 Å². The third-order valence-corrected chi connectivity index (χ3v) is 4.27. The molecule has 0 saturated heterocycles. The van der Waals surface area contributed by atoms with Crippen molar-refractivity contribution in [2.24, 2.45) is 0 Å². The Morgan fingerprint density at radius 2 is 1.88 bits per heavy atom. The smallest absolute Gasteiger partial charge is 0.186 e. The van der Waals surface area contributed by atoms with E-state index in [1.54, 1.807) is 0 Å². The molecule has 0 saturated carbocycles. The van der Waals surface area contributed by atoms with Crippen molar-refractivity contribution >= 4 is 16.7 Å². The number of carbonyl (C=O) groups is 1. The zero-order chi connectivity index (χ0) is 17.5. The minimum atomic E-state index is -0.359. The lowest BCUT2D eigenvalue weighted by Crippen LogP contribution is -2.30. The standard InChI is InChI=1S/C21H24N2O2/c1-2-25-14-8-13-22-20(16-9-4-3-5-10-16)21(24)18-15-23-19-12-7-6-11-17(18)19/h3-7,9-12,15,20,22-23H,2,8,13-14H2,1H3/t20-/m1/s1. The average molecular weight is 336 g/mol. The molecule has 1 aromatic heterocycles. The zero-order valence-electron chi connectivity index (χ0n) is 14.5. The SMILES string of the molecule is CCOCCCN[C@@H](C(=O)c1c[nH]c2ccccc12)c1ccccc1. The van der Waals surface area contributed by atoms with E-state index < -0.39 is 0 Å². The molecule has 25 heavy (non-hydrogen) atoms. The highest BCUT2D eigenvalue weighted by molar-refractivity contribution is 6.10. The summed E-state index contributed by atoms with van der Waals surface area (Å²) in [5.74, 6) is 0.0834. The first-order chi connectivity index (χ1) is 12.3. The van der Waals surface area contributed by atoms with Gasteiger partial charge in [0.05, 0.1) is 6.04 Å². The molecule has 1 heterocycles. The number of H-pyrrole nitrogens is 1. The lowest BCUT2D eigenvalue weighted by atomic mass is 9.97. The normalized spacial score (nSPS) is 12.4. The molecule has 0 aliphatic carbocycles. The number of hydrogen-bond donors (Lipinski definition) is 2. The number of Topliss-reactive ketones (excluding diaryl/α,β-unsaturated/α-hetero) is 1. The summed E-state index contributed by atoms with van der Waals surface area (Å²) in [6.45, 7) is 4.14. The van der Waals surface area contributed by atoms with Crippen LogP contribution in [0.3, 0.4) is 0 Å². The van der Waals surface area contributed by atoms with Gasteiger partial charge >= 0.3 is 0 Å². The van der Waals surface area contributed by atoms with E-state index in [1.807, 2.05) is 67.7 Å². The molecule has 2 aromatic carbocycles. The van der Waals surface area contributed by atoms with Crippen molar-refractivity contribution in [3.63, 3.8) is 0 Å². The van der Waals surface area contributed by atoms with Gasteiger partial charge in [0.1, 0.15) is 0 Å². The molecule has 4 heteroatoms. The second kappa shape index (κ2) is 8.60. The summed E-state index contributed by atoms with van der Waals surface area (Å²) in [4.78, 5) is 16.4. The largest absolute Gasteiger partial charge is 0.382 e. The van der Waals surface area contributed by atoms with Gasteiger partial charge in [-0.25, -0.2) is 0 Å². The summed E-state index contributed by atoms with van der Waals surface area (Å²) in [6, 6.07) is 17.4. The van der Waals surface area contributed by atoms with Crippen LogP contribution in [-0.2, 0) is 4.74 Å². The lowest BCUT2D eigenvalue weighted by molar-refractivity contribution is 0.0939. The van der Waals surface area contributed by atoms with Crippen molar-refractivity contribution in [2.75, 3.05) is 19.8 Å². The van der Waals surface area contributed by atoms with E-state index in [9.17, 15) is 4.79 Å². The van der Waals surface area contributed by atoms with Crippen LogP contribution in [0.15, 0.2) is 60.8 Å². The topological polar surface area (TPSA) is 54.1 Å². The van der Waals surface area contributed by atoms with Crippen LogP contribution in [0.25, 0.3) is 10.9 Å². The Hall–Kier alpha value is -2.43. The van der Waals surface area contributed by atoms with Gasteiger partial charge < -0.3 is 15.0 Å². The quantitative estimate of drug-likeness (QED) is 0.457. The van der Waals surface area contributed by atoms with Crippen LogP contribution in [0.2, 0.25) is 0 Å². The van der Waals surface area contributed by atoms with Crippen molar-refractivity contribution < 1.29 is 9.53 Å². The van der Waals surface area contributed by atoms with Crippen molar-refractivity contribution in [1.29, 1.82) is 0 Å². The van der Waals surface area contributed by atoms with Crippen LogP contribution in [0, 0.1) is 0 Å². The number of hydrogen-bond acceptors (Lipinski definition) is 3. The molecule has 2 N–H and O–H groups in total. The Kier molecular flexibility index (Phi) is 5.99. The Bertz CT molecular complexity index is 811. The molecule has 0 aliphatic heterocycles. The molecule has 0 bridgehead atoms. The molecule has 1 atom stereocenters. The van der Waals surface area contributed by atoms with Crippen molar-refractivity contribution in [3.8, 4) is 0 Å². The zero-order valence-corrected chi connectivity index (χ0v) is 14.5. The monoisotopic (exact) mass is 336 g/mol. The van der Waals surface area contributed by atoms with E-state index in [4.69, 9.17) is 4.74 Å². The van der Waals surface area contributed by atoms with E-state index in [0.29, 0.717) is 6.61 Å². The van der Waals surface area contributed by atoms with Gasteiger partial charge in [-0.3, -0.25) is 4.79 Å². The van der Waals surface area contributed by atoms with Gasteiger partial charge in [0.15, 0.2) is 5.78 Å². The first-order valence-electron chi connectivity index (χ1n) is 8.77. The fourth-order valence-corrected chi connectivity index (χ4v) is 3.00. The highest BCUT2D eigenvalue weighted by Gasteiger charge is 2.23. The number of fused-ring (bicyclic) bond motifs is 1. The number of carbonyl (C=O) groups excluding carboxylic acids is 1. The Morgan fingerprint density at radius 1 is 1.12 bits per heavy atom. The van der Waals surface area contributed by atoms with Gasteiger partial charge in [-0.1, -0.05) is 48.5 Å². The van der Waals surface area contributed by atoms with Crippen LogP contribution in [0.4, 0.5) is 0 Å². The van der Waals surface area contributed by atoms with E-state index in [1.165, 1.54) is 0 Å². The predicted molar refractivity (Wildman–Crippen MR) is 101 cm³/mol. The molecule has 4 nitrogen and oxygen atoms in total. The molecular weight excluding hydrogens is 312 g/mol. The van der Waals surface area contributed by atoms with Gasteiger partial charge in [0, 0.05) is 35.9 Å². The maximum Gasteiger partial charge on any atom is 0.186 e. The number of ketones is 1. The molecule has 0 amide bonds. The van der Waals surface area contributed by atoms with E-state index in [2.05, 4.69) is 10.3 Å². The minimum Gasteiger partial charge on any atom is -0.382 e. The summed E-state index contributed by atoms with van der Waals surface area (Å²) in [5, 5.41) is 4.37. The van der Waals surface area contributed by atoms with E-state index >= 15 is 0 Å². The number of ether oxygens (including phenoxy) is 1. The van der Waals surface area contributed by atoms with Crippen molar-refractivity contribution in [3.05, 3.63) is 71.9 Å². The second-order valence-electron chi connectivity index (χ2n) is 5.96. The molecule has 130 valence electrons.